The standard InChI is InChI=1S/C19H19N3O5S/c1-11(2)10-27-14-6-4-12(5-7-14)18(23)21-19-20-17-15(26-3)8-13(22(24)25)9-16(17)28-19/h4-9,11H,10H2,1-3H3,(H,20,21,23). The summed E-state index contributed by atoms with van der Waals surface area (Å²) in [5.74, 6) is 1.06. The first-order valence-corrected chi connectivity index (χ1v) is 9.36. The number of thiazole rings is 1. The molecule has 2 aromatic carbocycles. The number of amides is 1. The maximum atomic E-state index is 12.5. The lowest BCUT2D eigenvalue weighted by atomic mass is 10.2. The van der Waals surface area contributed by atoms with Crippen molar-refractivity contribution in [3.05, 3.63) is 52.1 Å². The van der Waals surface area contributed by atoms with Gasteiger partial charge in [0.2, 0.25) is 0 Å². The summed E-state index contributed by atoms with van der Waals surface area (Å²) in [6.07, 6.45) is 0. The fourth-order valence-corrected chi connectivity index (χ4v) is 3.35. The van der Waals surface area contributed by atoms with Gasteiger partial charge in [-0.2, -0.15) is 0 Å². The van der Waals surface area contributed by atoms with Crippen molar-refractivity contribution in [2.24, 2.45) is 5.92 Å². The van der Waals surface area contributed by atoms with E-state index in [9.17, 15) is 14.9 Å². The summed E-state index contributed by atoms with van der Waals surface area (Å²) in [6, 6.07) is 9.53. The van der Waals surface area contributed by atoms with Gasteiger partial charge in [0, 0.05) is 11.6 Å². The second-order valence-corrected chi connectivity index (χ2v) is 7.48. The molecule has 0 spiro atoms. The van der Waals surface area contributed by atoms with Crippen molar-refractivity contribution in [1.82, 2.24) is 4.98 Å². The van der Waals surface area contributed by atoms with E-state index in [1.807, 2.05) is 0 Å². The molecule has 1 aromatic heterocycles. The van der Waals surface area contributed by atoms with Crippen LogP contribution in [0, 0.1) is 16.0 Å². The van der Waals surface area contributed by atoms with Crippen LogP contribution in [0.2, 0.25) is 0 Å². The third kappa shape index (κ3) is 4.37. The summed E-state index contributed by atoms with van der Waals surface area (Å²) in [5.41, 5.74) is 0.822. The molecule has 1 amide bonds. The third-order valence-electron chi connectivity index (χ3n) is 3.80. The van der Waals surface area contributed by atoms with E-state index in [0.717, 1.165) is 11.3 Å². The average Bonchev–Trinajstić information content (AvgIpc) is 3.08. The molecule has 1 heterocycles. The van der Waals surface area contributed by atoms with Crippen LogP contribution in [0.25, 0.3) is 10.2 Å². The quantitative estimate of drug-likeness (QED) is 0.462. The van der Waals surface area contributed by atoms with Crippen molar-refractivity contribution in [2.75, 3.05) is 19.0 Å². The van der Waals surface area contributed by atoms with Crippen LogP contribution < -0.4 is 14.8 Å². The topological polar surface area (TPSA) is 104 Å². The van der Waals surface area contributed by atoms with Crippen LogP contribution >= 0.6 is 11.3 Å². The van der Waals surface area contributed by atoms with Crippen LogP contribution in [-0.4, -0.2) is 29.5 Å². The summed E-state index contributed by atoms with van der Waals surface area (Å²) >= 11 is 1.14. The Morgan fingerprint density at radius 1 is 1.29 bits per heavy atom. The molecule has 3 rings (SSSR count). The zero-order valence-electron chi connectivity index (χ0n) is 15.6. The summed E-state index contributed by atoms with van der Waals surface area (Å²) in [7, 11) is 1.42. The Bertz CT molecular complexity index is 1010. The number of nitrogens with zero attached hydrogens (tertiary/aromatic N) is 2. The van der Waals surface area contributed by atoms with Crippen LogP contribution in [0.5, 0.6) is 11.5 Å². The van der Waals surface area contributed by atoms with Gasteiger partial charge in [0.05, 0.1) is 29.4 Å². The molecule has 0 aliphatic rings. The summed E-state index contributed by atoms with van der Waals surface area (Å²) in [5, 5.41) is 14.1. The number of benzene rings is 2. The van der Waals surface area contributed by atoms with E-state index < -0.39 is 4.92 Å². The number of non-ortho nitro benzene ring substituents is 1. The number of aromatic nitrogens is 1. The number of carbonyl (C=O) groups excluding carboxylic acids is 1. The van der Waals surface area contributed by atoms with Gasteiger partial charge < -0.3 is 9.47 Å². The number of fused-ring (bicyclic) bond motifs is 1. The number of hydrogen-bond donors (Lipinski definition) is 1. The first kappa shape index (κ1) is 19.6. The second kappa shape index (κ2) is 8.22. The number of ether oxygens (including phenoxy) is 2. The molecule has 0 bridgehead atoms. The van der Waals surface area contributed by atoms with Crippen molar-refractivity contribution in [3.63, 3.8) is 0 Å². The fourth-order valence-electron chi connectivity index (χ4n) is 2.43. The van der Waals surface area contributed by atoms with E-state index in [1.165, 1.54) is 19.2 Å². The summed E-state index contributed by atoms with van der Waals surface area (Å²) in [6.45, 7) is 4.72. The SMILES string of the molecule is COc1cc([N+](=O)[O-])cc2sc(NC(=O)c3ccc(OCC(C)C)cc3)nc12. The molecule has 8 nitrogen and oxygen atoms in total. The van der Waals surface area contributed by atoms with Crippen LogP contribution in [0.4, 0.5) is 10.8 Å². The monoisotopic (exact) mass is 401 g/mol. The highest BCUT2D eigenvalue weighted by molar-refractivity contribution is 7.22. The Morgan fingerprint density at radius 3 is 2.61 bits per heavy atom. The molecule has 9 heteroatoms. The molecular formula is C19H19N3O5S. The molecule has 0 fully saturated rings. The molecule has 1 N–H and O–H groups in total. The highest BCUT2D eigenvalue weighted by Crippen LogP contribution is 2.36. The van der Waals surface area contributed by atoms with Crippen LogP contribution in [0.1, 0.15) is 24.2 Å². The van der Waals surface area contributed by atoms with E-state index in [2.05, 4.69) is 24.1 Å². The lowest BCUT2D eigenvalue weighted by molar-refractivity contribution is -0.384. The number of anilines is 1. The maximum absolute atomic E-state index is 12.5. The Kier molecular flexibility index (Phi) is 5.74. The first-order chi connectivity index (χ1) is 13.4. The van der Waals surface area contributed by atoms with Crippen molar-refractivity contribution in [1.29, 1.82) is 0 Å². The molecule has 28 heavy (non-hydrogen) atoms. The van der Waals surface area contributed by atoms with Crippen molar-refractivity contribution in [3.8, 4) is 11.5 Å². The van der Waals surface area contributed by atoms with Gasteiger partial charge in [0.25, 0.3) is 11.6 Å². The van der Waals surface area contributed by atoms with Crippen molar-refractivity contribution < 1.29 is 19.2 Å². The van der Waals surface area contributed by atoms with Crippen molar-refractivity contribution in [2.45, 2.75) is 13.8 Å². The van der Waals surface area contributed by atoms with Gasteiger partial charge in [0.15, 0.2) is 10.9 Å². The molecule has 0 saturated heterocycles. The first-order valence-electron chi connectivity index (χ1n) is 8.54. The predicted molar refractivity (Wildman–Crippen MR) is 108 cm³/mol. The highest BCUT2D eigenvalue weighted by Gasteiger charge is 2.17. The predicted octanol–water partition coefficient (Wildman–Crippen LogP) is 4.50. The largest absolute Gasteiger partial charge is 0.494 e. The fraction of sp³-hybridized carbons (Fsp3) is 0.263. The lowest BCUT2D eigenvalue weighted by Crippen LogP contribution is -2.11. The van der Waals surface area contributed by atoms with E-state index >= 15 is 0 Å². The van der Waals surface area contributed by atoms with Crippen LogP contribution in [0.3, 0.4) is 0 Å². The van der Waals surface area contributed by atoms with Gasteiger partial charge in [-0.1, -0.05) is 25.2 Å². The third-order valence-corrected chi connectivity index (χ3v) is 4.71. The number of nitrogens with one attached hydrogen (secondary N) is 1. The van der Waals surface area contributed by atoms with Crippen molar-refractivity contribution >= 4 is 38.3 Å². The molecule has 0 atom stereocenters. The average molecular weight is 401 g/mol. The molecule has 0 aliphatic heterocycles. The number of carbonyl (C=O) groups is 1. The summed E-state index contributed by atoms with van der Waals surface area (Å²) < 4.78 is 11.3. The van der Waals surface area contributed by atoms with Gasteiger partial charge in [-0.3, -0.25) is 20.2 Å². The molecule has 146 valence electrons. The maximum Gasteiger partial charge on any atom is 0.274 e. The number of nitro benzene ring substituents is 1. The Hall–Kier alpha value is -3.20. The van der Waals surface area contributed by atoms with E-state index in [4.69, 9.17) is 9.47 Å². The van der Waals surface area contributed by atoms with E-state index in [0.29, 0.717) is 39.2 Å². The Morgan fingerprint density at radius 2 is 2.00 bits per heavy atom. The van der Waals surface area contributed by atoms with Gasteiger partial charge in [0.1, 0.15) is 11.3 Å². The van der Waals surface area contributed by atoms with E-state index in [-0.39, 0.29) is 17.3 Å². The number of hydrogen-bond acceptors (Lipinski definition) is 7. The van der Waals surface area contributed by atoms with Gasteiger partial charge in [-0.05, 0) is 30.2 Å². The minimum atomic E-state index is -0.497. The lowest BCUT2D eigenvalue weighted by Gasteiger charge is -2.09. The zero-order chi connectivity index (χ0) is 20.3. The minimum absolute atomic E-state index is 0.0946. The van der Waals surface area contributed by atoms with Gasteiger partial charge in [-0.15, -0.1) is 0 Å². The number of methoxy groups -OCH3 is 1. The van der Waals surface area contributed by atoms with Crippen LogP contribution in [-0.2, 0) is 0 Å². The smallest absolute Gasteiger partial charge is 0.274 e. The van der Waals surface area contributed by atoms with Gasteiger partial charge in [-0.25, -0.2) is 4.98 Å². The highest BCUT2D eigenvalue weighted by atomic mass is 32.1. The second-order valence-electron chi connectivity index (χ2n) is 6.45. The molecular weight excluding hydrogens is 382 g/mol. The van der Waals surface area contributed by atoms with Crippen LogP contribution in [0.15, 0.2) is 36.4 Å². The Labute approximate surface area is 165 Å². The van der Waals surface area contributed by atoms with E-state index in [1.54, 1.807) is 24.3 Å². The number of nitro groups is 1. The molecule has 0 radical (unpaired) electrons. The molecule has 0 aliphatic carbocycles. The Balaban J connectivity index is 1.78. The van der Waals surface area contributed by atoms with Gasteiger partial charge >= 0.3 is 0 Å². The normalized spacial score (nSPS) is 10.9. The molecule has 0 saturated carbocycles. The zero-order valence-corrected chi connectivity index (χ0v) is 16.4. The summed E-state index contributed by atoms with van der Waals surface area (Å²) in [4.78, 5) is 27.4. The molecule has 0 unspecified atom stereocenters. The number of rotatable bonds is 7. The molecule has 3 aromatic rings. The minimum Gasteiger partial charge on any atom is -0.494 e.